The number of aromatic hydroxyl groups is 2. The number of fused-ring (bicyclic) bond motifs is 2. The summed E-state index contributed by atoms with van der Waals surface area (Å²) in [4.78, 5) is 0. The second-order valence-corrected chi connectivity index (χ2v) is 4.80. The Bertz CT molecular complexity index is 705. The molecule has 0 aliphatic carbocycles. The van der Waals surface area contributed by atoms with E-state index in [2.05, 4.69) is 0 Å². The van der Waals surface area contributed by atoms with E-state index in [9.17, 15) is 10.2 Å². The van der Waals surface area contributed by atoms with Crippen LogP contribution in [0, 0.1) is 13.8 Å². The zero-order valence-electron chi connectivity index (χ0n) is 10.4. The van der Waals surface area contributed by atoms with Gasteiger partial charge >= 0.3 is 0 Å². The summed E-state index contributed by atoms with van der Waals surface area (Å²) in [7, 11) is 0. The normalized spacial score (nSPS) is 11.2. The van der Waals surface area contributed by atoms with Gasteiger partial charge < -0.3 is 10.2 Å². The van der Waals surface area contributed by atoms with Crippen LogP contribution in [0.1, 0.15) is 11.1 Å². The minimum absolute atomic E-state index is 0.238. The SMILES string of the molecule is Cc1ccc2c(O)c3cc(C)ccc3c(O)c2c1. The van der Waals surface area contributed by atoms with E-state index in [1.54, 1.807) is 0 Å². The lowest BCUT2D eigenvalue weighted by Crippen LogP contribution is -1.83. The van der Waals surface area contributed by atoms with E-state index in [-0.39, 0.29) is 11.5 Å². The molecule has 2 heteroatoms. The molecule has 0 aromatic heterocycles. The standard InChI is InChI=1S/C16H14O2/c1-9-3-5-11-13(7-9)15(17)12-6-4-10(2)8-14(12)16(11)18/h3-8,17-18H,1-2H3. The Morgan fingerprint density at radius 2 is 1.00 bits per heavy atom. The molecule has 3 rings (SSSR count). The quantitative estimate of drug-likeness (QED) is 0.458. The Hall–Kier alpha value is -2.22. The lowest BCUT2D eigenvalue weighted by Gasteiger charge is -2.10. The van der Waals surface area contributed by atoms with Gasteiger partial charge in [-0.05, 0) is 26.0 Å². The van der Waals surface area contributed by atoms with Crippen LogP contribution in [0.5, 0.6) is 11.5 Å². The number of hydrogen-bond acceptors (Lipinski definition) is 2. The molecule has 0 heterocycles. The van der Waals surface area contributed by atoms with Crippen LogP contribution in [-0.2, 0) is 0 Å². The van der Waals surface area contributed by atoms with Gasteiger partial charge in [0.25, 0.3) is 0 Å². The molecule has 90 valence electrons. The first kappa shape index (κ1) is 10.9. The summed E-state index contributed by atoms with van der Waals surface area (Å²) in [5.41, 5.74) is 2.12. The molecule has 0 fully saturated rings. The number of hydrogen-bond donors (Lipinski definition) is 2. The maximum Gasteiger partial charge on any atom is 0.131 e. The van der Waals surface area contributed by atoms with Crippen molar-refractivity contribution < 1.29 is 10.2 Å². The van der Waals surface area contributed by atoms with Crippen LogP contribution in [0.4, 0.5) is 0 Å². The molecule has 0 spiro atoms. The van der Waals surface area contributed by atoms with E-state index >= 15 is 0 Å². The molecular formula is C16H14O2. The fourth-order valence-corrected chi connectivity index (χ4v) is 2.41. The Morgan fingerprint density at radius 3 is 1.39 bits per heavy atom. The average molecular weight is 238 g/mol. The fraction of sp³-hybridized carbons (Fsp3) is 0.125. The molecule has 0 bridgehead atoms. The van der Waals surface area contributed by atoms with Crippen LogP contribution >= 0.6 is 0 Å². The second-order valence-electron chi connectivity index (χ2n) is 4.80. The number of rotatable bonds is 0. The summed E-state index contributed by atoms with van der Waals surface area (Å²) in [5, 5.41) is 23.5. The van der Waals surface area contributed by atoms with Crippen LogP contribution < -0.4 is 0 Å². The Balaban J connectivity index is 2.60. The number of aryl methyl sites for hydroxylation is 2. The summed E-state index contributed by atoms with van der Waals surface area (Å²) < 4.78 is 0. The zero-order valence-corrected chi connectivity index (χ0v) is 10.4. The van der Waals surface area contributed by atoms with Gasteiger partial charge in [-0.25, -0.2) is 0 Å². The van der Waals surface area contributed by atoms with Gasteiger partial charge in [-0.2, -0.15) is 0 Å². The van der Waals surface area contributed by atoms with Crippen LogP contribution in [0.3, 0.4) is 0 Å². The molecule has 0 saturated heterocycles. The molecule has 0 amide bonds. The highest BCUT2D eigenvalue weighted by Crippen LogP contribution is 2.41. The van der Waals surface area contributed by atoms with Crippen molar-refractivity contribution in [3.05, 3.63) is 47.5 Å². The molecule has 0 atom stereocenters. The van der Waals surface area contributed by atoms with Gasteiger partial charge in [0.15, 0.2) is 0 Å². The highest BCUT2D eigenvalue weighted by molar-refractivity contribution is 6.10. The summed E-state index contributed by atoms with van der Waals surface area (Å²) in [6, 6.07) is 11.3. The van der Waals surface area contributed by atoms with Crippen molar-refractivity contribution in [2.75, 3.05) is 0 Å². The van der Waals surface area contributed by atoms with Crippen LogP contribution in [0.25, 0.3) is 21.5 Å². The Labute approximate surface area is 105 Å². The molecule has 0 aliphatic rings. The van der Waals surface area contributed by atoms with E-state index in [4.69, 9.17) is 0 Å². The first-order valence-corrected chi connectivity index (χ1v) is 5.92. The predicted molar refractivity (Wildman–Crippen MR) is 74.3 cm³/mol. The minimum atomic E-state index is 0.238. The zero-order chi connectivity index (χ0) is 12.9. The molecular weight excluding hydrogens is 224 g/mol. The van der Waals surface area contributed by atoms with Gasteiger partial charge in [-0.15, -0.1) is 0 Å². The summed E-state index contributed by atoms with van der Waals surface area (Å²) in [5.74, 6) is 0.475. The molecule has 3 aromatic carbocycles. The van der Waals surface area contributed by atoms with Crippen LogP contribution in [-0.4, -0.2) is 10.2 Å². The molecule has 3 aromatic rings. The van der Waals surface area contributed by atoms with E-state index in [1.807, 2.05) is 50.2 Å². The summed E-state index contributed by atoms with van der Waals surface area (Å²) in [6.45, 7) is 3.94. The Morgan fingerprint density at radius 1 is 0.611 bits per heavy atom. The van der Waals surface area contributed by atoms with Crippen molar-refractivity contribution in [2.24, 2.45) is 0 Å². The maximum atomic E-state index is 10.3. The van der Waals surface area contributed by atoms with Crippen molar-refractivity contribution in [3.63, 3.8) is 0 Å². The fourth-order valence-electron chi connectivity index (χ4n) is 2.41. The average Bonchev–Trinajstić information content (AvgIpc) is 2.36. The smallest absolute Gasteiger partial charge is 0.131 e. The summed E-state index contributed by atoms with van der Waals surface area (Å²) >= 11 is 0. The molecule has 0 radical (unpaired) electrons. The van der Waals surface area contributed by atoms with Crippen LogP contribution in [0.15, 0.2) is 36.4 Å². The van der Waals surface area contributed by atoms with E-state index in [0.717, 1.165) is 11.1 Å². The van der Waals surface area contributed by atoms with Gasteiger partial charge in [0, 0.05) is 21.5 Å². The first-order valence-electron chi connectivity index (χ1n) is 5.92. The lowest BCUT2D eigenvalue weighted by molar-refractivity contribution is 0.478. The first-order chi connectivity index (χ1) is 8.58. The van der Waals surface area contributed by atoms with Crippen LogP contribution in [0.2, 0.25) is 0 Å². The predicted octanol–water partition coefficient (Wildman–Crippen LogP) is 4.02. The maximum absolute atomic E-state index is 10.3. The molecule has 0 saturated carbocycles. The molecule has 0 unspecified atom stereocenters. The van der Waals surface area contributed by atoms with Crippen molar-refractivity contribution >= 4 is 21.5 Å². The lowest BCUT2D eigenvalue weighted by atomic mass is 9.98. The summed E-state index contributed by atoms with van der Waals surface area (Å²) in [6.07, 6.45) is 0. The van der Waals surface area contributed by atoms with Gasteiger partial charge in [-0.3, -0.25) is 0 Å². The van der Waals surface area contributed by atoms with Crippen molar-refractivity contribution in [3.8, 4) is 11.5 Å². The molecule has 0 aliphatic heterocycles. The minimum Gasteiger partial charge on any atom is -0.507 e. The number of phenols is 2. The van der Waals surface area contributed by atoms with Gasteiger partial charge in [0.05, 0.1) is 0 Å². The van der Waals surface area contributed by atoms with Crippen molar-refractivity contribution in [2.45, 2.75) is 13.8 Å². The third-order valence-corrected chi connectivity index (χ3v) is 3.37. The van der Waals surface area contributed by atoms with Gasteiger partial charge in [-0.1, -0.05) is 35.4 Å². The largest absolute Gasteiger partial charge is 0.507 e. The second kappa shape index (κ2) is 3.64. The highest BCUT2D eigenvalue weighted by Gasteiger charge is 2.12. The van der Waals surface area contributed by atoms with E-state index < -0.39 is 0 Å². The topological polar surface area (TPSA) is 40.5 Å². The third kappa shape index (κ3) is 1.42. The van der Waals surface area contributed by atoms with Gasteiger partial charge in [0.2, 0.25) is 0 Å². The molecule has 18 heavy (non-hydrogen) atoms. The molecule has 2 N–H and O–H groups in total. The van der Waals surface area contributed by atoms with E-state index in [0.29, 0.717) is 21.5 Å². The number of phenolic OH excluding ortho intramolecular Hbond substituents is 2. The molecule has 2 nitrogen and oxygen atoms in total. The highest BCUT2D eigenvalue weighted by atomic mass is 16.3. The third-order valence-electron chi connectivity index (χ3n) is 3.37. The van der Waals surface area contributed by atoms with Crippen molar-refractivity contribution in [1.29, 1.82) is 0 Å². The monoisotopic (exact) mass is 238 g/mol. The van der Waals surface area contributed by atoms with E-state index in [1.165, 1.54) is 0 Å². The van der Waals surface area contributed by atoms with Crippen molar-refractivity contribution in [1.82, 2.24) is 0 Å². The number of benzene rings is 3. The Kier molecular flexibility index (Phi) is 2.20. The van der Waals surface area contributed by atoms with Gasteiger partial charge in [0.1, 0.15) is 11.5 Å².